The number of likely N-dealkylation sites (tertiary alicyclic amines) is 1. The second-order valence-electron chi connectivity index (χ2n) is 7.33. The number of aliphatic hydroxyl groups is 1. The van der Waals surface area contributed by atoms with Crippen molar-refractivity contribution in [1.29, 1.82) is 0 Å². The number of halogens is 1. The predicted molar refractivity (Wildman–Crippen MR) is 102 cm³/mol. The summed E-state index contributed by atoms with van der Waals surface area (Å²) in [6.45, 7) is 4.77. The van der Waals surface area contributed by atoms with Crippen LogP contribution >= 0.6 is 0 Å². The third-order valence-corrected chi connectivity index (χ3v) is 4.72. The quantitative estimate of drug-likeness (QED) is 0.847. The summed E-state index contributed by atoms with van der Waals surface area (Å²) in [6, 6.07) is 13.5. The van der Waals surface area contributed by atoms with Crippen molar-refractivity contribution < 1.29 is 19.0 Å². The average Bonchev–Trinajstić information content (AvgIpc) is 2.59. The Kier molecular flexibility index (Phi) is 5.77. The van der Waals surface area contributed by atoms with Crippen LogP contribution in [0, 0.1) is 12.7 Å². The Hall–Kier alpha value is -2.44. The molecule has 2 aromatic rings. The maximum atomic E-state index is 13.3. The van der Waals surface area contributed by atoms with Gasteiger partial charge in [0, 0.05) is 24.8 Å². The molecule has 0 saturated carbocycles. The minimum Gasteiger partial charge on any atom is -0.487 e. The van der Waals surface area contributed by atoms with Gasteiger partial charge in [-0.25, -0.2) is 4.39 Å². The summed E-state index contributed by atoms with van der Waals surface area (Å²) in [5.74, 6) is -0.109. The SMILES string of the molecule is Cc1ccc(NC(=O)CN2CC[C@H](Oc3cccc(F)c3)[C@@](C)(O)C2)cc1. The van der Waals surface area contributed by atoms with Gasteiger partial charge < -0.3 is 15.2 Å². The number of nitrogens with zero attached hydrogens (tertiary/aromatic N) is 1. The number of carbonyl (C=O) groups is 1. The molecule has 0 aliphatic carbocycles. The van der Waals surface area contributed by atoms with Crippen LogP contribution in [0.5, 0.6) is 5.75 Å². The molecule has 0 aromatic heterocycles. The number of amides is 1. The molecule has 3 rings (SSSR count). The molecule has 2 aromatic carbocycles. The molecule has 2 atom stereocenters. The van der Waals surface area contributed by atoms with Gasteiger partial charge in [-0.3, -0.25) is 9.69 Å². The molecule has 2 N–H and O–H groups in total. The van der Waals surface area contributed by atoms with Crippen LogP contribution < -0.4 is 10.1 Å². The lowest BCUT2D eigenvalue weighted by Gasteiger charge is -2.42. The number of piperidine rings is 1. The van der Waals surface area contributed by atoms with Crippen molar-refractivity contribution in [2.24, 2.45) is 0 Å². The number of β-amino-alcohol motifs (C(OH)–C–C–N with tert-alkyl or cyclic N) is 1. The molecule has 0 radical (unpaired) electrons. The van der Waals surface area contributed by atoms with E-state index in [-0.39, 0.29) is 18.3 Å². The summed E-state index contributed by atoms with van der Waals surface area (Å²) >= 11 is 0. The Morgan fingerprint density at radius 1 is 1.33 bits per heavy atom. The summed E-state index contributed by atoms with van der Waals surface area (Å²) < 4.78 is 19.1. The number of hydrogen-bond donors (Lipinski definition) is 2. The average molecular weight is 372 g/mol. The highest BCUT2D eigenvalue weighted by Crippen LogP contribution is 2.26. The maximum absolute atomic E-state index is 13.3. The molecule has 27 heavy (non-hydrogen) atoms. The van der Waals surface area contributed by atoms with Gasteiger partial charge in [0.1, 0.15) is 23.3 Å². The number of aryl methyl sites for hydroxylation is 1. The predicted octanol–water partition coefficient (Wildman–Crippen LogP) is 2.98. The molecular weight excluding hydrogens is 347 g/mol. The maximum Gasteiger partial charge on any atom is 0.238 e. The fourth-order valence-corrected chi connectivity index (χ4v) is 3.31. The zero-order valence-electron chi connectivity index (χ0n) is 15.6. The largest absolute Gasteiger partial charge is 0.487 e. The van der Waals surface area contributed by atoms with Crippen molar-refractivity contribution in [2.45, 2.75) is 32.0 Å². The number of carbonyl (C=O) groups excluding carboxylic acids is 1. The molecule has 1 aliphatic heterocycles. The number of benzene rings is 2. The molecule has 1 fully saturated rings. The molecule has 6 heteroatoms. The summed E-state index contributed by atoms with van der Waals surface area (Å²) in [6.07, 6.45) is 0.0807. The third kappa shape index (κ3) is 5.28. The Balaban J connectivity index is 1.54. The van der Waals surface area contributed by atoms with E-state index in [0.29, 0.717) is 25.3 Å². The Labute approximate surface area is 158 Å². The second kappa shape index (κ2) is 8.06. The van der Waals surface area contributed by atoms with Crippen molar-refractivity contribution in [3.05, 3.63) is 59.9 Å². The van der Waals surface area contributed by atoms with E-state index in [1.807, 2.05) is 36.1 Å². The van der Waals surface area contributed by atoms with Crippen LogP contribution in [-0.4, -0.2) is 47.3 Å². The first-order valence-electron chi connectivity index (χ1n) is 9.05. The van der Waals surface area contributed by atoms with Crippen LogP contribution in [0.1, 0.15) is 18.9 Å². The van der Waals surface area contributed by atoms with Crippen LogP contribution in [0.15, 0.2) is 48.5 Å². The van der Waals surface area contributed by atoms with Crippen molar-refractivity contribution in [1.82, 2.24) is 4.90 Å². The van der Waals surface area contributed by atoms with E-state index < -0.39 is 11.7 Å². The topological polar surface area (TPSA) is 61.8 Å². The first kappa shape index (κ1) is 19.3. The van der Waals surface area contributed by atoms with E-state index >= 15 is 0 Å². The van der Waals surface area contributed by atoms with Crippen LogP contribution in [0.25, 0.3) is 0 Å². The van der Waals surface area contributed by atoms with E-state index in [1.165, 1.54) is 12.1 Å². The van der Waals surface area contributed by atoms with Gasteiger partial charge in [0.05, 0.1) is 6.54 Å². The normalized spacial score (nSPS) is 23.0. The second-order valence-corrected chi connectivity index (χ2v) is 7.33. The minimum absolute atomic E-state index is 0.126. The van der Waals surface area contributed by atoms with Crippen molar-refractivity contribution in [3.63, 3.8) is 0 Å². The number of anilines is 1. The Morgan fingerprint density at radius 3 is 2.74 bits per heavy atom. The number of rotatable bonds is 5. The first-order chi connectivity index (χ1) is 12.8. The van der Waals surface area contributed by atoms with E-state index in [1.54, 1.807) is 19.1 Å². The highest BCUT2D eigenvalue weighted by Gasteiger charge is 2.40. The van der Waals surface area contributed by atoms with Crippen molar-refractivity contribution in [3.8, 4) is 5.75 Å². The molecule has 0 spiro atoms. The van der Waals surface area contributed by atoms with Crippen molar-refractivity contribution in [2.75, 3.05) is 25.0 Å². The lowest BCUT2D eigenvalue weighted by Crippen LogP contribution is -2.58. The van der Waals surface area contributed by atoms with Gasteiger partial charge in [0.25, 0.3) is 0 Å². The molecule has 1 aliphatic rings. The van der Waals surface area contributed by atoms with Crippen LogP contribution in [0.2, 0.25) is 0 Å². The van der Waals surface area contributed by atoms with E-state index in [0.717, 1.165) is 11.3 Å². The van der Waals surface area contributed by atoms with Crippen molar-refractivity contribution >= 4 is 11.6 Å². The fourth-order valence-electron chi connectivity index (χ4n) is 3.31. The molecular formula is C21H25FN2O3. The summed E-state index contributed by atoms with van der Waals surface area (Å²) in [4.78, 5) is 14.2. The first-order valence-corrected chi connectivity index (χ1v) is 9.05. The molecule has 1 heterocycles. The van der Waals surface area contributed by atoms with E-state index in [4.69, 9.17) is 4.74 Å². The molecule has 0 unspecified atom stereocenters. The summed E-state index contributed by atoms with van der Waals surface area (Å²) in [5, 5.41) is 13.6. The van der Waals surface area contributed by atoms with Gasteiger partial charge in [0.2, 0.25) is 5.91 Å². The summed E-state index contributed by atoms with van der Waals surface area (Å²) in [5.41, 5.74) is 0.737. The smallest absolute Gasteiger partial charge is 0.238 e. The lowest BCUT2D eigenvalue weighted by molar-refractivity contribution is -0.123. The highest BCUT2D eigenvalue weighted by molar-refractivity contribution is 5.92. The van der Waals surface area contributed by atoms with Crippen LogP contribution in [0.4, 0.5) is 10.1 Å². The van der Waals surface area contributed by atoms with Gasteiger partial charge >= 0.3 is 0 Å². The fraction of sp³-hybridized carbons (Fsp3) is 0.381. The standard InChI is InChI=1S/C21H25FN2O3/c1-15-6-8-17(9-7-15)23-20(25)13-24-11-10-19(21(2,26)14-24)27-18-5-3-4-16(22)12-18/h3-9,12,19,26H,10-11,13-14H2,1-2H3,(H,23,25)/t19-,21-/m0/s1. The minimum atomic E-state index is -1.14. The van der Waals surface area contributed by atoms with E-state index in [9.17, 15) is 14.3 Å². The van der Waals surface area contributed by atoms with E-state index in [2.05, 4.69) is 5.32 Å². The Bertz CT molecular complexity index is 792. The molecule has 5 nitrogen and oxygen atoms in total. The molecule has 1 amide bonds. The third-order valence-electron chi connectivity index (χ3n) is 4.72. The Morgan fingerprint density at radius 2 is 2.07 bits per heavy atom. The highest BCUT2D eigenvalue weighted by atomic mass is 19.1. The monoisotopic (exact) mass is 372 g/mol. The number of ether oxygens (including phenoxy) is 1. The van der Waals surface area contributed by atoms with Gasteiger partial charge in [0.15, 0.2) is 0 Å². The molecule has 0 bridgehead atoms. The number of hydrogen-bond acceptors (Lipinski definition) is 4. The van der Waals surface area contributed by atoms with Gasteiger partial charge in [-0.2, -0.15) is 0 Å². The zero-order chi connectivity index (χ0) is 19.4. The van der Waals surface area contributed by atoms with Crippen LogP contribution in [0.3, 0.4) is 0 Å². The zero-order valence-corrected chi connectivity index (χ0v) is 15.6. The van der Waals surface area contributed by atoms with Gasteiger partial charge in [-0.15, -0.1) is 0 Å². The van der Waals surface area contributed by atoms with Crippen LogP contribution in [-0.2, 0) is 4.79 Å². The summed E-state index contributed by atoms with van der Waals surface area (Å²) in [7, 11) is 0. The lowest BCUT2D eigenvalue weighted by atomic mass is 9.91. The molecule has 1 saturated heterocycles. The van der Waals surface area contributed by atoms with Gasteiger partial charge in [-0.05, 0) is 44.5 Å². The molecule has 144 valence electrons. The number of nitrogens with one attached hydrogen (secondary N) is 1. The van der Waals surface area contributed by atoms with Gasteiger partial charge in [-0.1, -0.05) is 23.8 Å².